The predicted octanol–water partition coefficient (Wildman–Crippen LogP) is 4.09. The maximum atomic E-state index is 5.31. The predicted molar refractivity (Wildman–Crippen MR) is 89.7 cm³/mol. The summed E-state index contributed by atoms with van der Waals surface area (Å²) in [5.74, 6) is 0. The summed E-state index contributed by atoms with van der Waals surface area (Å²) in [6.07, 6.45) is 3.68. The van der Waals surface area contributed by atoms with Crippen molar-refractivity contribution in [3.8, 4) is 0 Å². The van der Waals surface area contributed by atoms with Crippen LogP contribution in [0.25, 0.3) is 21.5 Å². The highest BCUT2D eigenvalue weighted by Gasteiger charge is 2.23. The lowest BCUT2D eigenvalue weighted by Gasteiger charge is -2.26. The van der Waals surface area contributed by atoms with Crippen molar-refractivity contribution in [3.63, 3.8) is 0 Å². The van der Waals surface area contributed by atoms with Crippen LogP contribution in [-0.4, -0.2) is 20.2 Å². The molecule has 101 valence electrons. The lowest BCUT2D eigenvalue weighted by Crippen LogP contribution is -2.17. The van der Waals surface area contributed by atoms with Crippen LogP contribution in [0.4, 0.5) is 0 Å². The zero-order valence-electron chi connectivity index (χ0n) is 11.7. The van der Waals surface area contributed by atoms with Crippen LogP contribution in [0.15, 0.2) is 48.5 Å². The van der Waals surface area contributed by atoms with Gasteiger partial charge in [-0.3, -0.25) is 0 Å². The quantitative estimate of drug-likeness (QED) is 0.512. The van der Waals surface area contributed by atoms with Gasteiger partial charge in [-0.05, 0) is 64.1 Å². The molecule has 0 spiro atoms. The van der Waals surface area contributed by atoms with Gasteiger partial charge in [0, 0.05) is 5.54 Å². The van der Waals surface area contributed by atoms with E-state index in [0.717, 1.165) is 0 Å². The Morgan fingerprint density at radius 1 is 1.00 bits per heavy atom. The molecule has 0 saturated carbocycles. The molecule has 1 nitrogen and oxygen atoms in total. The maximum absolute atomic E-state index is 5.31. The maximum Gasteiger partial charge on any atom is 0.229 e. The summed E-state index contributed by atoms with van der Waals surface area (Å²) in [6.45, 7) is 0. The summed E-state index contributed by atoms with van der Waals surface area (Å²) in [4.78, 5) is 0. The third kappa shape index (κ3) is 2.25. The Kier molecular flexibility index (Phi) is 3.41. The van der Waals surface area contributed by atoms with E-state index in [9.17, 15) is 0 Å². The van der Waals surface area contributed by atoms with E-state index in [2.05, 4.69) is 59.0 Å². The Bertz CT molecular complexity index is 813. The second kappa shape index (κ2) is 5.41. The van der Waals surface area contributed by atoms with Gasteiger partial charge in [0.15, 0.2) is 0 Å². The normalized spacial score (nSPS) is 18.0. The largest absolute Gasteiger partial charge is 0.457 e. The van der Waals surface area contributed by atoms with Gasteiger partial charge in [0.25, 0.3) is 0 Å². The zero-order chi connectivity index (χ0) is 14.2. The first kappa shape index (κ1) is 13.3. The Morgan fingerprint density at radius 2 is 1.81 bits per heavy atom. The summed E-state index contributed by atoms with van der Waals surface area (Å²) in [5, 5.41) is 5.40. The molecular formula is C18H15OSi2. The van der Waals surface area contributed by atoms with E-state index in [1.807, 2.05) is 0 Å². The lowest BCUT2D eigenvalue weighted by molar-refractivity contribution is 0.590. The van der Waals surface area contributed by atoms with Crippen molar-refractivity contribution in [2.75, 3.05) is 0 Å². The highest BCUT2D eigenvalue weighted by Crippen LogP contribution is 2.37. The van der Waals surface area contributed by atoms with Crippen LogP contribution in [0.5, 0.6) is 0 Å². The van der Waals surface area contributed by atoms with Gasteiger partial charge >= 0.3 is 0 Å². The molecule has 4 rings (SSSR count). The molecule has 3 aromatic carbocycles. The molecule has 0 aromatic heterocycles. The average molecular weight is 303 g/mol. The first-order valence-electron chi connectivity index (χ1n) is 7.39. The van der Waals surface area contributed by atoms with Crippen LogP contribution < -0.4 is 0 Å². The molecule has 0 aliphatic heterocycles. The average Bonchev–Trinajstić information content (AvgIpc) is 2.53. The molecule has 1 aliphatic carbocycles. The molecule has 3 aromatic rings. The van der Waals surface area contributed by atoms with Gasteiger partial charge in [-0.2, -0.15) is 0 Å². The molecule has 0 fully saturated rings. The van der Waals surface area contributed by atoms with Crippen molar-refractivity contribution in [1.29, 1.82) is 0 Å². The minimum absolute atomic E-state index is 0.485. The van der Waals surface area contributed by atoms with Crippen LogP contribution >= 0.6 is 0 Å². The topological polar surface area (TPSA) is 9.23 Å². The fourth-order valence-electron chi connectivity index (χ4n) is 3.54. The minimum atomic E-state index is 0.485. The van der Waals surface area contributed by atoms with E-state index in [1.54, 1.807) is 0 Å². The summed E-state index contributed by atoms with van der Waals surface area (Å²) in [7, 11) is 3.69. The number of benzene rings is 3. The number of rotatable bonds is 2. The van der Waals surface area contributed by atoms with Gasteiger partial charge in [0.1, 0.15) is 0 Å². The van der Waals surface area contributed by atoms with Crippen molar-refractivity contribution in [2.45, 2.75) is 24.8 Å². The van der Waals surface area contributed by atoms with Gasteiger partial charge in [-0.25, -0.2) is 0 Å². The highest BCUT2D eigenvalue weighted by molar-refractivity contribution is 6.37. The van der Waals surface area contributed by atoms with Gasteiger partial charge in [0.05, 0.1) is 0 Å². The van der Waals surface area contributed by atoms with E-state index in [0.29, 0.717) is 15.3 Å². The third-order valence-corrected chi connectivity index (χ3v) is 5.84. The summed E-state index contributed by atoms with van der Waals surface area (Å²) < 4.78 is 5.31. The Hall–Kier alpha value is -1.43. The monoisotopic (exact) mass is 303 g/mol. The Morgan fingerprint density at radius 3 is 2.62 bits per heavy atom. The van der Waals surface area contributed by atoms with E-state index >= 15 is 0 Å². The third-order valence-electron chi connectivity index (χ3n) is 4.51. The summed E-state index contributed by atoms with van der Waals surface area (Å²) >= 11 is 0. The molecule has 3 heteroatoms. The van der Waals surface area contributed by atoms with E-state index in [1.165, 1.54) is 51.9 Å². The van der Waals surface area contributed by atoms with E-state index in [4.69, 9.17) is 4.12 Å². The van der Waals surface area contributed by atoms with Crippen LogP contribution in [0.1, 0.15) is 29.5 Å². The zero-order valence-corrected chi connectivity index (χ0v) is 13.7. The molecule has 0 bridgehead atoms. The van der Waals surface area contributed by atoms with E-state index < -0.39 is 0 Å². The Balaban J connectivity index is 2.02. The molecule has 1 unspecified atom stereocenters. The molecule has 1 aliphatic rings. The van der Waals surface area contributed by atoms with Gasteiger partial charge < -0.3 is 4.12 Å². The molecular weight excluding hydrogens is 288 g/mol. The standard InChI is InChI=1S/C18H15OSi2/c20-19-21-17-7-3-6-12-8-9-15-10-13-4-1-2-5-14(13)11-16(15)18(12)17/h1-2,4-5,8-11,17H,3,6-7H2. The second-order valence-electron chi connectivity index (χ2n) is 5.72. The smallest absolute Gasteiger partial charge is 0.229 e. The molecule has 0 heterocycles. The first-order valence-corrected chi connectivity index (χ1v) is 8.78. The molecule has 0 saturated heterocycles. The van der Waals surface area contributed by atoms with Crippen LogP contribution in [0.2, 0.25) is 0 Å². The minimum Gasteiger partial charge on any atom is -0.457 e. The number of hydrogen-bond acceptors (Lipinski definition) is 1. The first-order chi connectivity index (χ1) is 10.4. The van der Waals surface area contributed by atoms with Crippen LogP contribution in [0.3, 0.4) is 0 Å². The Labute approximate surface area is 130 Å². The molecule has 0 amide bonds. The molecule has 21 heavy (non-hydrogen) atoms. The van der Waals surface area contributed by atoms with Crippen molar-refractivity contribution >= 4 is 41.8 Å². The van der Waals surface area contributed by atoms with Gasteiger partial charge in [-0.1, -0.05) is 36.4 Å². The molecule has 1 atom stereocenters. The fourth-order valence-corrected chi connectivity index (χ4v) is 4.89. The van der Waals surface area contributed by atoms with Crippen LogP contribution in [0, 0.1) is 0 Å². The number of hydrogen-bond donors (Lipinski definition) is 0. The SMILES string of the molecule is [Si]O[Si]C1CCCc2ccc3cc4ccccc4cc3c21. The summed E-state index contributed by atoms with van der Waals surface area (Å²) in [6, 6.07) is 17.9. The van der Waals surface area contributed by atoms with Gasteiger partial charge in [0.2, 0.25) is 20.2 Å². The van der Waals surface area contributed by atoms with Gasteiger partial charge in [-0.15, -0.1) is 0 Å². The fraction of sp³-hybridized carbons (Fsp3) is 0.222. The van der Waals surface area contributed by atoms with Crippen molar-refractivity contribution in [2.24, 2.45) is 0 Å². The second-order valence-corrected chi connectivity index (χ2v) is 7.47. The van der Waals surface area contributed by atoms with Crippen molar-refractivity contribution in [3.05, 3.63) is 59.7 Å². The van der Waals surface area contributed by atoms with Crippen molar-refractivity contribution < 1.29 is 4.12 Å². The van der Waals surface area contributed by atoms with Crippen LogP contribution in [-0.2, 0) is 10.5 Å². The van der Waals surface area contributed by atoms with Crippen molar-refractivity contribution in [1.82, 2.24) is 0 Å². The number of aryl methyl sites for hydroxylation is 1. The summed E-state index contributed by atoms with van der Waals surface area (Å²) in [5.41, 5.74) is 3.54. The van der Waals surface area contributed by atoms with E-state index in [-0.39, 0.29) is 0 Å². The molecule has 0 N–H and O–H groups in total. The lowest BCUT2D eigenvalue weighted by atomic mass is 9.86. The number of fused-ring (bicyclic) bond motifs is 4. The highest BCUT2D eigenvalue weighted by atomic mass is 28.3. The molecule has 5 radical (unpaired) electrons.